The number of hydrogen-bond donors (Lipinski definition) is 10. The standard InChI is InChI=1S/C21H34N4O3S.3C21H36N4O3S.C20H34N4O3S/c1-15(2)18-9-7-10-19(16(3)4)20(18)22-21(26)23-29(27,28)25-13-12-24-11-6-5-8-17(24)14-25;2*1-13(2)18-9-15(5)10-19(14(3)4)20(18)22-21(26)23-29(27,28)25-11-16(6)24(8)17(7)12-25;1-13(2)18-9-15(5)10-19(14(3)4)20(18)22-21(26)23-29(27,28)25-16(6)11-24(8)12-17(25)7;1-13(2)17-9-8-10-18(14(3)4)19(17)21-20(25)22-28(26,27)24-11-15(5)23(7)16(6)12-24/h7,9-10,15-17H,5-6,8,11-14H2,1-4H3,(H2,22,23,26);3*9-10,13-14,16-17H,11-12H2,1-8H3,(H2,22,23,26);8-10,13-16H,11-12H2,1-7H3,(H2,21,22,25). The first-order valence-electron chi connectivity index (χ1n) is 51.4. The number of nitrogens with one attached hydrogen (secondary N) is 10. The van der Waals surface area contributed by atoms with Crippen LogP contribution < -0.4 is 50.2 Å². The molecule has 0 bridgehead atoms. The maximum atomic E-state index is 12.9. The fraction of sp³-hybridized carbons (Fsp3) is 0.663. The van der Waals surface area contributed by atoms with Gasteiger partial charge in [-0.1, -0.05) is 234 Å². The number of amides is 10. The zero-order valence-corrected chi connectivity index (χ0v) is 96.7. The summed E-state index contributed by atoms with van der Waals surface area (Å²) in [5, 5.41) is 14.1. The summed E-state index contributed by atoms with van der Waals surface area (Å²) in [6, 6.07) is 20.8. The Morgan fingerprint density at radius 3 is 0.715 bits per heavy atom. The molecular formula is C104H176N20O15S5. The predicted molar refractivity (Wildman–Crippen MR) is 587 cm³/mol. The number of anilines is 5. The highest BCUT2D eigenvalue weighted by Gasteiger charge is 2.43. The SMILES string of the molecule is CC(C)c1cccc(C(C)C)c1NC(=O)NS(=O)(=O)N1CC(C)N(C)C(C)C1.CC(C)c1cccc(C(C)C)c1NC(=O)NS(=O)(=O)N1CCN2CCCCC2C1.Cc1cc(C(C)C)c(NC(=O)NS(=O)(=O)N2C(C)CN(C)CC2C)c(C(C)C)c1.Cc1cc(C(C)C)c(NC(=O)NS(=O)(=O)N2CC(C)N(C)C(C)C2)c(C(C)C)c1.Cc1cc(C(C)C)c(NC(=O)NS(=O)(=O)N2CC(C)N(C)C(C)C2)c(C(C)C)c1. The van der Waals surface area contributed by atoms with Gasteiger partial charge in [-0.05, 0) is 239 Å². The number of rotatable bonds is 25. The predicted octanol–water partition coefficient (Wildman–Crippen LogP) is 17.7. The summed E-state index contributed by atoms with van der Waals surface area (Å²) in [5.41, 5.74) is 16.9. The Bertz CT molecular complexity index is 5500. The van der Waals surface area contributed by atoms with E-state index < -0.39 is 81.2 Å². The van der Waals surface area contributed by atoms with Crippen LogP contribution in [0.1, 0.15) is 345 Å². The van der Waals surface area contributed by atoms with Crippen molar-refractivity contribution in [3.63, 3.8) is 0 Å². The van der Waals surface area contributed by atoms with Crippen LogP contribution in [0.15, 0.2) is 72.8 Å². The maximum Gasteiger partial charge on any atom is 0.333 e. The van der Waals surface area contributed by atoms with Crippen LogP contribution in [0, 0.1) is 20.8 Å². The quantitative estimate of drug-likeness (QED) is 0.0259. The van der Waals surface area contributed by atoms with Gasteiger partial charge < -0.3 is 31.5 Å². The van der Waals surface area contributed by atoms with Crippen molar-refractivity contribution in [1.82, 2.24) is 69.6 Å². The molecule has 0 aromatic heterocycles. The molecule has 0 saturated carbocycles. The molecule has 10 N–H and O–H groups in total. The Kier molecular flexibility index (Phi) is 44.6. The number of likely N-dealkylation sites (N-methyl/N-ethyl adjacent to an activating group) is 4. The van der Waals surface area contributed by atoms with E-state index in [1.807, 2.05) is 205 Å². The van der Waals surface area contributed by atoms with Crippen molar-refractivity contribution in [2.45, 2.75) is 347 Å². The van der Waals surface area contributed by atoms with Crippen molar-refractivity contribution in [2.24, 2.45) is 0 Å². The monoisotopic (exact) mass is 2110 g/mol. The Hall–Kier alpha value is -8.20. The van der Waals surface area contributed by atoms with Crippen molar-refractivity contribution < 1.29 is 66.1 Å². The molecule has 812 valence electrons. The number of carbonyl (C=O) groups is 5. The Morgan fingerprint density at radius 1 is 0.271 bits per heavy atom. The van der Waals surface area contributed by atoms with Gasteiger partial charge in [-0.25, -0.2) is 47.6 Å². The van der Waals surface area contributed by atoms with Gasteiger partial charge in [-0.3, -0.25) is 19.6 Å². The van der Waals surface area contributed by atoms with E-state index in [0.29, 0.717) is 93.9 Å². The first-order valence-corrected chi connectivity index (χ1v) is 58.6. The van der Waals surface area contributed by atoms with E-state index in [4.69, 9.17) is 0 Å². The van der Waals surface area contributed by atoms with Crippen LogP contribution in [-0.2, 0) is 51.0 Å². The fourth-order valence-electron chi connectivity index (χ4n) is 19.7. The number of benzene rings is 5. The molecule has 0 aliphatic carbocycles. The van der Waals surface area contributed by atoms with Gasteiger partial charge in [-0.2, -0.15) is 63.6 Å². The van der Waals surface area contributed by atoms with Crippen molar-refractivity contribution in [1.29, 1.82) is 0 Å². The average molecular weight is 2110 g/mol. The molecular weight excluding hydrogens is 1930 g/mol. The third kappa shape index (κ3) is 33.1. The number of aryl methyl sites for hydroxylation is 3. The molecule has 6 aliphatic heterocycles. The van der Waals surface area contributed by atoms with Gasteiger partial charge in [0.2, 0.25) is 0 Å². The highest BCUT2D eigenvalue weighted by atomic mass is 32.2. The third-order valence-corrected chi connectivity index (χ3v) is 35.7. The first-order chi connectivity index (χ1) is 66.6. The van der Waals surface area contributed by atoms with Crippen LogP contribution in [-0.4, -0.2) is 279 Å². The van der Waals surface area contributed by atoms with E-state index in [9.17, 15) is 66.1 Å². The van der Waals surface area contributed by atoms with Crippen LogP contribution in [0.5, 0.6) is 0 Å². The molecule has 5 aromatic rings. The number of piperidine rings is 1. The number of nitrogens with zero attached hydrogens (tertiary/aromatic N) is 10. The smallest absolute Gasteiger partial charge is 0.307 e. The Labute approximate surface area is 865 Å². The van der Waals surface area contributed by atoms with Crippen LogP contribution in [0.4, 0.5) is 52.4 Å². The number of carbonyl (C=O) groups excluding carboxylic acids is 5. The molecule has 0 spiro atoms. The largest absolute Gasteiger partial charge is 0.333 e. The second kappa shape index (κ2) is 52.3. The number of piperazine rings is 5. The Balaban J connectivity index is 0.000000244. The molecule has 6 fully saturated rings. The van der Waals surface area contributed by atoms with Gasteiger partial charge in [0, 0.05) is 155 Å². The molecule has 9 atom stereocenters. The van der Waals surface area contributed by atoms with Gasteiger partial charge in [0.25, 0.3) is 0 Å². The van der Waals surface area contributed by atoms with Gasteiger partial charge in [-0.15, -0.1) is 0 Å². The summed E-state index contributed by atoms with van der Waals surface area (Å²) in [4.78, 5) is 74.3. The molecule has 6 aliphatic rings. The molecule has 40 heteroatoms. The molecule has 10 amide bonds. The molecule has 0 radical (unpaired) electrons. The van der Waals surface area contributed by atoms with Crippen LogP contribution >= 0.6 is 0 Å². The highest BCUT2D eigenvalue weighted by molar-refractivity contribution is 7.88. The maximum absolute atomic E-state index is 12.9. The minimum Gasteiger partial charge on any atom is -0.307 e. The molecule has 6 saturated heterocycles. The van der Waals surface area contributed by atoms with E-state index >= 15 is 0 Å². The Morgan fingerprint density at radius 2 is 0.486 bits per heavy atom. The van der Waals surface area contributed by atoms with Gasteiger partial charge in [0.05, 0.1) is 0 Å². The van der Waals surface area contributed by atoms with Crippen LogP contribution in [0.2, 0.25) is 0 Å². The summed E-state index contributed by atoms with van der Waals surface area (Å²) >= 11 is 0. The summed E-state index contributed by atoms with van der Waals surface area (Å²) < 4.78 is 146. The molecule has 6 heterocycles. The molecule has 11 rings (SSSR count). The van der Waals surface area contributed by atoms with E-state index in [1.165, 1.54) is 27.9 Å². The highest BCUT2D eigenvalue weighted by Crippen LogP contribution is 2.40. The van der Waals surface area contributed by atoms with E-state index in [1.54, 1.807) is 0 Å². The zero-order valence-electron chi connectivity index (χ0n) is 92.6. The topological polar surface area (TPSA) is 409 Å². The lowest BCUT2D eigenvalue weighted by Crippen LogP contribution is -2.60. The molecule has 144 heavy (non-hydrogen) atoms. The van der Waals surface area contributed by atoms with E-state index in [0.717, 1.165) is 98.3 Å². The minimum absolute atomic E-state index is 0.0792. The number of urea groups is 5. The zero-order chi connectivity index (χ0) is 109. The summed E-state index contributed by atoms with van der Waals surface area (Å²) in [6.45, 7) is 68.8. The molecule has 35 nitrogen and oxygen atoms in total. The van der Waals surface area contributed by atoms with Crippen LogP contribution in [0.3, 0.4) is 0 Å². The second-order valence-electron chi connectivity index (χ2n) is 43.8. The third-order valence-electron chi connectivity index (χ3n) is 28.2. The minimum atomic E-state index is -3.95. The lowest BCUT2D eigenvalue weighted by atomic mass is 9.90. The van der Waals surface area contributed by atoms with Gasteiger partial charge in [0.1, 0.15) is 0 Å². The number of fused-ring (bicyclic) bond motifs is 1. The van der Waals surface area contributed by atoms with Crippen LogP contribution in [0.25, 0.3) is 0 Å². The van der Waals surface area contributed by atoms with Crippen molar-refractivity contribution in [2.75, 3.05) is 133 Å². The lowest BCUT2D eigenvalue weighted by molar-refractivity contribution is 0.0848. The van der Waals surface area contributed by atoms with E-state index in [-0.39, 0.29) is 114 Å². The lowest BCUT2D eigenvalue weighted by Gasteiger charge is -2.43. The van der Waals surface area contributed by atoms with Gasteiger partial charge >= 0.3 is 81.2 Å². The average Bonchev–Trinajstić information content (AvgIpc) is 0.787. The summed E-state index contributed by atoms with van der Waals surface area (Å²) in [7, 11) is -11.7. The number of para-hydroxylation sites is 2. The summed E-state index contributed by atoms with van der Waals surface area (Å²) in [6.07, 6.45) is 3.32. The van der Waals surface area contributed by atoms with Crippen molar-refractivity contribution in [3.05, 3.63) is 145 Å². The summed E-state index contributed by atoms with van der Waals surface area (Å²) in [5.74, 6) is 1.97. The number of hydrogen-bond acceptors (Lipinski definition) is 20. The van der Waals surface area contributed by atoms with Gasteiger partial charge in [0.15, 0.2) is 0 Å². The van der Waals surface area contributed by atoms with E-state index in [2.05, 4.69) is 185 Å². The molecule has 9 unspecified atom stereocenters. The van der Waals surface area contributed by atoms with Crippen molar-refractivity contribution >= 4 is 110 Å². The molecule has 5 aromatic carbocycles. The second-order valence-corrected chi connectivity index (χ2v) is 52.0. The first kappa shape index (κ1) is 123. The fourth-order valence-corrected chi connectivity index (χ4v) is 26.0. The normalized spacial score (nSPS) is 21.6. The van der Waals surface area contributed by atoms with Crippen molar-refractivity contribution in [3.8, 4) is 0 Å².